The molecule has 1 aliphatic rings. The molecule has 0 saturated carbocycles. The summed E-state index contributed by atoms with van der Waals surface area (Å²) in [6, 6.07) is 10.7. The number of allylic oxidation sites excluding steroid dienone is 4. The van der Waals surface area contributed by atoms with E-state index < -0.39 is 0 Å². The third-order valence-electron chi connectivity index (χ3n) is 2.43. The van der Waals surface area contributed by atoms with Gasteiger partial charge in [0, 0.05) is 0 Å². The fourth-order valence-electron chi connectivity index (χ4n) is 1.69. The summed E-state index contributed by atoms with van der Waals surface area (Å²) in [5, 5.41) is 2.63. The zero-order valence-electron chi connectivity index (χ0n) is 10.5. The number of fused-ring (bicyclic) bond motifs is 1. The first-order valence-corrected chi connectivity index (χ1v) is 6.10. The van der Waals surface area contributed by atoms with E-state index in [9.17, 15) is 0 Å². The average molecular weight is 523 g/mol. The second-order valence-electron chi connectivity index (χ2n) is 3.78. The summed E-state index contributed by atoms with van der Waals surface area (Å²) in [6.07, 6.45) is 10.0. The van der Waals surface area contributed by atoms with Gasteiger partial charge in [-0.1, -0.05) is 28.9 Å². The zero-order valence-corrected chi connectivity index (χ0v) is 17.2. The van der Waals surface area contributed by atoms with Gasteiger partial charge in [0.25, 0.3) is 0 Å². The van der Waals surface area contributed by atoms with Crippen LogP contribution in [0.2, 0.25) is 0 Å². The smallest absolute Gasteiger partial charge is 1.00 e. The van der Waals surface area contributed by atoms with E-state index in [1.54, 1.807) is 0 Å². The van der Waals surface area contributed by atoms with Crippen molar-refractivity contribution in [3.05, 3.63) is 64.7 Å². The van der Waals surface area contributed by atoms with Crippen LogP contribution in [0.4, 0.5) is 0 Å². The molecule has 0 unspecified atom stereocenters. The van der Waals surface area contributed by atoms with Crippen molar-refractivity contribution in [2.75, 3.05) is 0 Å². The van der Waals surface area contributed by atoms with Gasteiger partial charge in [0.1, 0.15) is 0 Å². The topological polar surface area (TPSA) is 0 Å². The van der Waals surface area contributed by atoms with Gasteiger partial charge >= 0.3 is 25.8 Å². The Labute approximate surface area is 154 Å². The maximum Gasteiger partial charge on any atom is 4.00 e. The largest absolute Gasteiger partial charge is 4.00 e. The number of halogens is 3. The van der Waals surface area contributed by atoms with Gasteiger partial charge < -0.3 is 24.8 Å². The van der Waals surface area contributed by atoms with Crippen molar-refractivity contribution in [1.82, 2.24) is 0 Å². The molecule has 0 amide bonds. The van der Waals surface area contributed by atoms with Crippen LogP contribution in [0.25, 0.3) is 10.8 Å². The van der Waals surface area contributed by atoms with Crippen LogP contribution in [0.15, 0.2) is 53.0 Å². The number of rotatable bonds is 0. The minimum Gasteiger partial charge on any atom is -1.00 e. The third-order valence-corrected chi connectivity index (χ3v) is 3.12. The molecule has 0 radical (unpaired) electrons. The number of hydrogen-bond donors (Lipinski definition) is 0. The second kappa shape index (κ2) is 11.0. The predicted molar refractivity (Wildman–Crippen MR) is 73.5 cm³/mol. The van der Waals surface area contributed by atoms with Crippen molar-refractivity contribution in [1.29, 1.82) is 0 Å². The third kappa shape index (κ3) is 6.48. The molecule has 2 aromatic carbocycles. The van der Waals surface area contributed by atoms with Crippen LogP contribution in [-0.2, 0) is 25.8 Å². The van der Waals surface area contributed by atoms with E-state index in [-0.39, 0.29) is 50.7 Å². The monoisotopic (exact) mass is 522 g/mol. The molecule has 98 valence electrons. The Hall–Kier alpha value is 0.240. The Morgan fingerprint density at radius 2 is 2.00 bits per heavy atom. The summed E-state index contributed by atoms with van der Waals surface area (Å²) < 4.78 is 1.18. The Morgan fingerprint density at radius 3 is 2.47 bits per heavy atom. The van der Waals surface area contributed by atoms with Crippen molar-refractivity contribution in [3.8, 4) is 0 Å². The van der Waals surface area contributed by atoms with Crippen LogP contribution in [0.3, 0.4) is 0 Å². The van der Waals surface area contributed by atoms with E-state index in [4.69, 9.17) is 0 Å². The number of hydrogen-bond acceptors (Lipinski definition) is 0. The Balaban J connectivity index is 0. The molecule has 0 fully saturated rings. The molecule has 3 rings (SSSR count). The molecule has 0 N–H and O–H groups in total. The van der Waals surface area contributed by atoms with E-state index in [1.165, 1.54) is 20.8 Å². The normalized spacial score (nSPS) is 10.8. The minimum absolute atomic E-state index is 0. The van der Waals surface area contributed by atoms with Gasteiger partial charge in [-0.25, -0.2) is 12.2 Å². The van der Waals surface area contributed by atoms with Crippen LogP contribution in [0.5, 0.6) is 0 Å². The van der Waals surface area contributed by atoms with E-state index in [0.29, 0.717) is 0 Å². The van der Waals surface area contributed by atoms with Crippen molar-refractivity contribution in [2.45, 2.75) is 13.3 Å². The first kappa shape index (κ1) is 21.5. The molecule has 0 heterocycles. The second-order valence-corrected chi connectivity index (χ2v) is 4.63. The van der Waals surface area contributed by atoms with Crippen molar-refractivity contribution in [3.63, 3.8) is 0 Å². The molecular weight excluding hydrogens is 509 g/mol. The van der Waals surface area contributed by atoms with Gasteiger partial charge in [-0.15, -0.1) is 41.0 Å². The standard InChI is InChI=1S/C10H8Br.C5H5.2ClH.Hf/c1-7-5-8-3-2-4-10(11)9(8)6-7;1-2-4-5-3-1;;;/h2-6H,1H3;1-3H,4H2;2*1H;/q2*-1;;;+4/p-2. The van der Waals surface area contributed by atoms with Crippen molar-refractivity contribution in [2.24, 2.45) is 0 Å². The molecule has 0 atom stereocenters. The van der Waals surface area contributed by atoms with Gasteiger partial charge in [0.2, 0.25) is 0 Å². The fraction of sp³-hybridized carbons (Fsp3) is 0.133. The molecular formula is C15H13BrCl2Hf. The molecule has 0 nitrogen and oxygen atoms in total. The molecule has 0 spiro atoms. The van der Waals surface area contributed by atoms with Gasteiger partial charge in [-0.2, -0.15) is 12.1 Å². The Morgan fingerprint density at radius 1 is 1.26 bits per heavy atom. The molecule has 19 heavy (non-hydrogen) atoms. The Kier molecular flexibility index (Phi) is 12.4. The fourth-order valence-corrected chi connectivity index (χ4v) is 2.18. The SMILES string of the molecule is Cc1cc2c(Br)cccc2[cH-]1.[C-]1=CC=CC1.[Cl-].[Cl-].[Hf+4]. The van der Waals surface area contributed by atoms with Gasteiger partial charge in [0.15, 0.2) is 0 Å². The van der Waals surface area contributed by atoms with E-state index >= 15 is 0 Å². The van der Waals surface area contributed by atoms with Gasteiger partial charge in [-0.3, -0.25) is 6.08 Å². The van der Waals surface area contributed by atoms with Gasteiger partial charge in [-0.05, 0) is 4.47 Å². The van der Waals surface area contributed by atoms with Crippen molar-refractivity contribution < 1.29 is 50.7 Å². The maximum atomic E-state index is 3.51. The Bertz CT molecular complexity index is 534. The van der Waals surface area contributed by atoms with Gasteiger partial charge in [0.05, 0.1) is 0 Å². The van der Waals surface area contributed by atoms with Crippen LogP contribution in [-0.4, -0.2) is 0 Å². The van der Waals surface area contributed by atoms with E-state index in [0.717, 1.165) is 6.42 Å². The summed E-state index contributed by atoms with van der Waals surface area (Å²) in [5.41, 5.74) is 1.33. The quantitative estimate of drug-likeness (QED) is 0.306. The maximum absolute atomic E-state index is 3.51. The van der Waals surface area contributed by atoms with E-state index in [1.807, 2.05) is 12.2 Å². The molecule has 0 saturated heterocycles. The van der Waals surface area contributed by atoms with Crippen LogP contribution in [0.1, 0.15) is 12.0 Å². The summed E-state index contributed by atoms with van der Waals surface area (Å²) >= 11 is 3.51. The number of benzene rings is 1. The van der Waals surface area contributed by atoms with Crippen molar-refractivity contribution >= 4 is 26.7 Å². The predicted octanol–water partition coefficient (Wildman–Crippen LogP) is -1.06. The summed E-state index contributed by atoms with van der Waals surface area (Å²) in [4.78, 5) is 0. The molecule has 0 aromatic heterocycles. The molecule has 1 aliphatic carbocycles. The first-order valence-electron chi connectivity index (χ1n) is 5.30. The van der Waals surface area contributed by atoms with Crippen LogP contribution in [0, 0.1) is 13.0 Å². The molecule has 2 aromatic rings. The molecule has 0 aliphatic heterocycles. The molecule has 0 bridgehead atoms. The minimum atomic E-state index is 0. The number of aryl methyl sites for hydroxylation is 1. The van der Waals surface area contributed by atoms with Crippen LogP contribution < -0.4 is 24.8 Å². The van der Waals surface area contributed by atoms with E-state index in [2.05, 4.69) is 65.3 Å². The average Bonchev–Trinajstić information content (AvgIpc) is 2.88. The van der Waals surface area contributed by atoms with Crippen LogP contribution >= 0.6 is 15.9 Å². The molecule has 4 heteroatoms. The summed E-state index contributed by atoms with van der Waals surface area (Å²) in [6.45, 7) is 2.12. The summed E-state index contributed by atoms with van der Waals surface area (Å²) in [7, 11) is 0. The summed E-state index contributed by atoms with van der Waals surface area (Å²) in [5.74, 6) is 0. The zero-order chi connectivity index (χ0) is 11.4. The first-order chi connectivity index (χ1) is 7.77.